The van der Waals surface area contributed by atoms with Crippen LogP contribution in [-0.4, -0.2) is 6.16 Å². The van der Waals surface area contributed by atoms with Crippen molar-refractivity contribution in [1.82, 2.24) is 0 Å². The number of hydrogen-bond donors (Lipinski definition) is 0. The van der Waals surface area contributed by atoms with E-state index in [2.05, 4.69) is 6.92 Å². The predicted molar refractivity (Wildman–Crippen MR) is 82.8 cm³/mol. The van der Waals surface area contributed by atoms with Gasteiger partial charge in [-0.3, -0.25) is 0 Å². The van der Waals surface area contributed by atoms with Crippen LogP contribution < -0.4 is 68.9 Å². The van der Waals surface area contributed by atoms with Gasteiger partial charge in [-0.1, -0.05) is 98.0 Å². The summed E-state index contributed by atoms with van der Waals surface area (Å²) < 4.78 is 10.4. The second-order valence-corrected chi connectivity index (χ2v) is 7.60. The Hall–Kier alpha value is 2.15. The average Bonchev–Trinajstić information content (AvgIpc) is 2.38. The van der Waals surface area contributed by atoms with Crippen molar-refractivity contribution in [1.29, 1.82) is 0 Å². The summed E-state index contributed by atoms with van der Waals surface area (Å²) in [6, 6.07) is 0. The molecule has 0 aromatic heterocycles. The summed E-state index contributed by atoms with van der Waals surface area (Å²) in [5.41, 5.74) is 0. The Morgan fingerprint density at radius 3 is 1.14 bits per heavy atom. The van der Waals surface area contributed by atoms with Crippen molar-refractivity contribution < 1.29 is 73.5 Å². The molecule has 3 nitrogen and oxygen atoms in total. The molecule has 0 spiro atoms. The molecule has 0 atom stereocenters. The molecule has 22 heavy (non-hydrogen) atoms. The Labute approximate surface area is 182 Å². The monoisotopic (exact) mass is 350 g/mol. The van der Waals surface area contributed by atoms with Gasteiger partial charge in [0.25, 0.3) is 0 Å². The first-order valence-corrected chi connectivity index (χ1v) is 10.3. The van der Waals surface area contributed by atoms with Crippen molar-refractivity contribution in [3.63, 3.8) is 0 Å². The largest absolute Gasteiger partial charge is 1.00 e. The van der Waals surface area contributed by atoms with E-state index >= 15 is 0 Å². The Bertz CT molecular complexity index is 248. The van der Waals surface area contributed by atoms with E-state index in [-0.39, 0.29) is 65.3 Å². The predicted octanol–water partition coefficient (Wildman–Crippen LogP) is -1.61. The third kappa shape index (κ3) is 27.0. The van der Waals surface area contributed by atoms with Gasteiger partial charge in [0.2, 0.25) is 0 Å². The molecule has 0 N–H and O–H groups in total. The second-order valence-electron chi connectivity index (χ2n) is 5.93. The smallest absolute Gasteiger partial charge is 0.811 e. The minimum absolute atomic E-state index is 0. The summed E-state index contributed by atoms with van der Waals surface area (Å²) in [4.78, 5) is 20.8. The zero-order valence-corrected chi connectivity index (χ0v) is 20.2. The van der Waals surface area contributed by atoms with E-state index < -0.39 is 7.60 Å². The van der Waals surface area contributed by atoms with Gasteiger partial charge >= 0.3 is 59.1 Å². The van der Waals surface area contributed by atoms with E-state index in [0.717, 1.165) is 12.8 Å². The molecule has 0 rings (SSSR count). The summed E-state index contributed by atoms with van der Waals surface area (Å²) in [5.74, 6) is 0. The molecule has 0 fully saturated rings. The number of hydrogen-bond acceptors (Lipinski definition) is 3. The Morgan fingerprint density at radius 1 is 0.591 bits per heavy atom. The van der Waals surface area contributed by atoms with Gasteiger partial charge in [-0.05, 0) is 12.6 Å². The van der Waals surface area contributed by atoms with Crippen molar-refractivity contribution in [2.24, 2.45) is 0 Å². The van der Waals surface area contributed by atoms with Crippen molar-refractivity contribution in [3.05, 3.63) is 0 Å². The van der Waals surface area contributed by atoms with Crippen LogP contribution in [0.15, 0.2) is 0 Å². The fourth-order valence-electron chi connectivity index (χ4n) is 2.50. The quantitative estimate of drug-likeness (QED) is 0.203. The molecule has 0 aliphatic carbocycles. The van der Waals surface area contributed by atoms with Crippen LogP contribution in [0.5, 0.6) is 0 Å². The van der Waals surface area contributed by atoms with Crippen molar-refractivity contribution >= 4 is 7.60 Å². The first-order valence-electron chi connectivity index (χ1n) is 8.57. The summed E-state index contributed by atoms with van der Waals surface area (Å²) in [6.07, 6.45) is 17.0. The topological polar surface area (TPSA) is 63.2 Å². The number of rotatable bonds is 15. The molecule has 0 bridgehead atoms. The van der Waals surface area contributed by atoms with Gasteiger partial charge in [-0.15, -0.1) is 0 Å². The molecule has 0 aliphatic heterocycles. The maximum atomic E-state index is 10.4. The van der Waals surface area contributed by atoms with Gasteiger partial charge in [0.1, 0.15) is 0 Å². The first kappa shape index (κ1) is 28.9. The summed E-state index contributed by atoms with van der Waals surface area (Å²) >= 11 is 0. The van der Waals surface area contributed by atoms with Gasteiger partial charge < -0.3 is 14.4 Å². The third-order valence-corrected chi connectivity index (χ3v) is 4.65. The van der Waals surface area contributed by atoms with E-state index in [9.17, 15) is 14.4 Å². The molecule has 0 heterocycles. The van der Waals surface area contributed by atoms with Gasteiger partial charge in [0.15, 0.2) is 0 Å². The molecule has 0 unspecified atom stereocenters. The van der Waals surface area contributed by atoms with E-state index in [4.69, 9.17) is 0 Å². The van der Waals surface area contributed by atoms with E-state index in [0.29, 0.717) is 6.42 Å². The minimum Gasteiger partial charge on any atom is -0.811 e. The zero-order valence-electron chi connectivity index (χ0n) is 15.3. The molecule has 0 aromatic rings. The van der Waals surface area contributed by atoms with Crippen LogP contribution in [0.3, 0.4) is 0 Å². The van der Waals surface area contributed by atoms with Crippen LogP contribution in [0.1, 0.15) is 96.8 Å². The van der Waals surface area contributed by atoms with Gasteiger partial charge in [0.05, 0.1) is 0 Å². The van der Waals surface area contributed by atoms with Crippen LogP contribution in [-0.2, 0) is 4.57 Å². The molecule has 0 aromatic carbocycles. The Balaban J connectivity index is -0.00000180. The second kappa shape index (κ2) is 21.2. The van der Waals surface area contributed by atoms with Gasteiger partial charge in [0, 0.05) is 0 Å². The van der Waals surface area contributed by atoms with Crippen molar-refractivity contribution in [2.75, 3.05) is 6.16 Å². The summed E-state index contributed by atoms with van der Waals surface area (Å²) in [5, 5.41) is 0. The van der Waals surface area contributed by atoms with E-state index in [1.807, 2.05) is 0 Å². The van der Waals surface area contributed by atoms with Crippen molar-refractivity contribution in [3.8, 4) is 0 Å². The molecule has 0 saturated carbocycles. The van der Waals surface area contributed by atoms with Gasteiger partial charge in [-0.2, -0.15) is 0 Å². The Morgan fingerprint density at radius 2 is 0.864 bits per heavy atom. The maximum Gasteiger partial charge on any atom is 1.00 e. The van der Waals surface area contributed by atoms with E-state index in [1.165, 1.54) is 70.6 Å². The summed E-state index contributed by atoms with van der Waals surface area (Å²) in [7, 11) is -4.25. The maximum absolute atomic E-state index is 10.4. The third-order valence-electron chi connectivity index (χ3n) is 3.79. The molecule has 6 heteroatoms. The van der Waals surface area contributed by atoms with Gasteiger partial charge in [-0.25, -0.2) is 0 Å². The normalized spacial score (nSPS) is 10.9. The molecule has 122 valence electrons. The van der Waals surface area contributed by atoms with Crippen LogP contribution in [0.2, 0.25) is 0 Å². The standard InChI is InChI=1S/C16H35O3P.2Na/c1-2-3-4-5-6-7-8-9-10-11-12-13-14-15-16-20(17,18)19;;/h2-16H2,1H3,(H2,17,18,19);;/q;2*+1/p-2. The minimum atomic E-state index is -4.25. The van der Waals surface area contributed by atoms with Crippen LogP contribution >= 0.6 is 7.60 Å². The fourth-order valence-corrected chi connectivity index (χ4v) is 3.11. The average molecular weight is 350 g/mol. The molecular weight excluding hydrogens is 317 g/mol. The van der Waals surface area contributed by atoms with Crippen LogP contribution in [0.25, 0.3) is 0 Å². The molecule has 0 amide bonds. The Kier molecular flexibility index (Phi) is 27.9. The molecular formula is C16H33Na2O3P. The first-order chi connectivity index (χ1) is 9.56. The van der Waals surface area contributed by atoms with E-state index in [1.54, 1.807) is 0 Å². The SMILES string of the molecule is CCCCCCCCCCCCCCCCP(=O)([O-])[O-].[Na+].[Na+]. The molecule has 0 aliphatic rings. The fraction of sp³-hybridized carbons (Fsp3) is 1.00. The molecule has 0 radical (unpaired) electrons. The van der Waals surface area contributed by atoms with Crippen LogP contribution in [0.4, 0.5) is 0 Å². The molecule has 0 saturated heterocycles. The summed E-state index contributed by atoms with van der Waals surface area (Å²) in [6.45, 7) is 2.25. The number of unbranched alkanes of at least 4 members (excludes halogenated alkanes) is 13. The van der Waals surface area contributed by atoms with Crippen molar-refractivity contribution in [2.45, 2.75) is 96.8 Å². The zero-order chi connectivity index (χ0) is 15.1. The van der Waals surface area contributed by atoms with Crippen LogP contribution in [0, 0.1) is 0 Å².